The van der Waals surface area contributed by atoms with Gasteiger partial charge in [-0.25, -0.2) is 0 Å². The first-order valence-corrected chi connectivity index (χ1v) is 7.35. The van der Waals surface area contributed by atoms with Crippen LogP contribution in [0.3, 0.4) is 0 Å². The van der Waals surface area contributed by atoms with Crippen molar-refractivity contribution in [3.8, 4) is 0 Å². The molecule has 1 fully saturated rings. The highest BCUT2D eigenvalue weighted by Gasteiger charge is 2.42. The lowest BCUT2D eigenvalue weighted by atomic mass is 10.0. The Kier molecular flexibility index (Phi) is 4.13. The highest BCUT2D eigenvalue weighted by Crippen LogP contribution is 2.41. The predicted molar refractivity (Wildman–Crippen MR) is 74.1 cm³/mol. The van der Waals surface area contributed by atoms with Crippen LogP contribution in [0.1, 0.15) is 24.0 Å². The van der Waals surface area contributed by atoms with E-state index in [9.17, 15) is 5.11 Å². The van der Waals surface area contributed by atoms with Crippen LogP contribution in [-0.2, 0) is 5.75 Å². The van der Waals surface area contributed by atoms with Gasteiger partial charge < -0.3 is 10.8 Å². The normalized spacial score (nSPS) is 19.0. The third-order valence-corrected chi connectivity index (χ3v) is 4.64. The Labute approximate surface area is 108 Å². The first kappa shape index (κ1) is 12.9. The molecule has 1 unspecified atom stereocenters. The molecule has 1 saturated carbocycles. The van der Waals surface area contributed by atoms with E-state index in [1.165, 1.54) is 11.1 Å². The topological polar surface area (TPSA) is 46.2 Å². The van der Waals surface area contributed by atoms with Gasteiger partial charge in [-0.1, -0.05) is 29.8 Å². The molecule has 0 bridgehead atoms. The van der Waals surface area contributed by atoms with E-state index in [1.54, 1.807) is 11.8 Å². The average molecular weight is 251 g/mol. The Balaban J connectivity index is 1.82. The molecule has 1 aromatic rings. The Bertz CT molecular complexity index is 378. The smallest absolute Gasteiger partial charge is 0.0887 e. The first-order valence-electron chi connectivity index (χ1n) is 6.20. The molecule has 2 nitrogen and oxygen atoms in total. The van der Waals surface area contributed by atoms with Crippen molar-refractivity contribution < 1.29 is 5.11 Å². The maximum absolute atomic E-state index is 10.3. The molecule has 17 heavy (non-hydrogen) atoms. The Morgan fingerprint density at radius 2 is 2.24 bits per heavy atom. The van der Waals surface area contributed by atoms with E-state index < -0.39 is 5.60 Å². The van der Waals surface area contributed by atoms with Crippen molar-refractivity contribution in [1.82, 2.24) is 0 Å². The quantitative estimate of drug-likeness (QED) is 0.815. The molecule has 1 atom stereocenters. The fourth-order valence-corrected chi connectivity index (χ4v) is 3.34. The van der Waals surface area contributed by atoms with Gasteiger partial charge in [0.1, 0.15) is 0 Å². The number of hydrogen-bond acceptors (Lipinski definition) is 3. The molecule has 0 radical (unpaired) electrons. The van der Waals surface area contributed by atoms with Crippen LogP contribution in [0.25, 0.3) is 0 Å². The van der Waals surface area contributed by atoms with Crippen molar-refractivity contribution in [3.63, 3.8) is 0 Å². The molecule has 0 aliphatic heterocycles. The molecule has 0 aromatic heterocycles. The van der Waals surface area contributed by atoms with E-state index in [2.05, 4.69) is 31.2 Å². The largest absolute Gasteiger partial charge is 0.387 e. The number of benzene rings is 1. The third-order valence-electron chi connectivity index (χ3n) is 3.39. The van der Waals surface area contributed by atoms with Crippen molar-refractivity contribution in [1.29, 1.82) is 0 Å². The minimum absolute atomic E-state index is 0.387. The van der Waals surface area contributed by atoms with E-state index in [-0.39, 0.29) is 0 Å². The van der Waals surface area contributed by atoms with Gasteiger partial charge in [0, 0.05) is 18.1 Å². The Hall–Kier alpha value is -0.510. The second-order valence-corrected chi connectivity index (χ2v) is 6.05. The monoisotopic (exact) mass is 251 g/mol. The Morgan fingerprint density at radius 3 is 2.82 bits per heavy atom. The van der Waals surface area contributed by atoms with Gasteiger partial charge in [-0.05, 0) is 31.2 Å². The first-order chi connectivity index (χ1) is 8.14. The van der Waals surface area contributed by atoms with Gasteiger partial charge in [-0.15, -0.1) is 0 Å². The van der Waals surface area contributed by atoms with E-state index >= 15 is 0 Å². The number of aryl methyl sites for hydroxylation is 1. The summed E-state index contributed by atoms with van der Waals surface area (Å²) in [4.78, 5) is 0. The van der Waals surface area contributed by atoms with Crippen LogP contribution >= 0.6 is 11.8 Å². The lowest BCUT2D eigenvalue weighted by molar-refractivity contribution is 0.0510. The predicted octanol–water partition coefficient (Wildman–Crippen LogP) is 2.33. The molecule has 3 N–H and O–H groups in total. The molecular weight excluding hydrogens is 230 g/mol. The van der Waals surface area contributed by atoms with Crippen molar-refractivity contribution in [2.75, 3.05) is 12.3 Å². The van der Waals surface area contributed by atoms with E-state index in [0.717, 1.165) is 24.3 Å². The third kappa shape index (κ3) is 3.47. The summed E-state index contributed by atoms with van der Waals surface area (Å²) in [5.41, 5.74) is 7.67. The van der Waals surface area contributed by atoms with Gasteiger partial charge in [-0.2, -0.15) is 11.8 Å². The molecule has 0 saturated heterocycles. The SMILES string of the molecule is Cc1cccc(CSCC(O)(CN)C2CC2)c1. The summed E-state index contributed by atoms with van der Waals surface area (Å²) in [6.07, 6.45) is 2.28. The van der Waals surface area contributed by atoms with Gasteiger partial charge in [-0.3, -0.25) is 0 Å². The van der Waals surface area contributed by atoms with Gasteiger partial charge in [0.15, 0.2) is 0 Å². The molecule has 0 heterocycles. The van der Waals surface area contributed by atoms with Crippen LogP contribution in [0, 0.1) is 12.8 Å². The van der Waals surface area contributed by atoms with Gasteiger partial charge >= 0.3 is 0 Å². The Morgan fingerprint density at radius 1 is 1.47 bits per heavy atom. The molecule has 1 aliphatic rings. The van der Waals surface area contributed by atoms with E-state index in [0.29, 0.717) is 12.5 Å². The number of thioether (sulfide) groups is 1. The highest BCUT2D eigenvalue weighted by molar-refractivity contribution is 7.98. The number of hydrogen-bond donors (Lipinski definition) is 2. The van der Waals surface area contributed by atoms with E-state index in [4.69, 9.17) is 5.73 Å². The zero-order valence-corrected chi connectivity index (χ0v) is 11.2. The standard InChI is InChI=1S/C14H21NOS/c1-11-3-2-4-12(7-11)8-17-10-14(16,9-15)13-5-6-13/h2-4,7,13,16H,5-6,8-10,15H2,1H3. The van der Waals surface area contributed by atoms with Crippen LogP contribution < -0.4 is 5.73 Å². The fraction of sp³-hybridized carbons (Fsp3) is 0.571. The number of rotatable bonds is 6. The minimum atomic E-state index is -0.630. The van der Waals surface area contributed by atoms with E-state index in [1.807, 2.05) is 0 Å². The van der Waals surface area contributed by atoms with Gasteiger partial charge in [0.05, 0.1) is 5.60 Å². The molecule has 3 heteroatoms. The van der Waals surface area contributed by atoms with Crippen molar-refractivity contribution in [3.05, 3.63) is 35.4 Å². The summed E-state index contributed by atoms with van der Waals surface area (Å²) >= 11 is 1.78. The summed E-state index contributed by atoms with van der Waals surface area (Å²) in [6.45, 7) is 2.49. The summed E-state index contributed by atoms with van der Waals surface area (Å²) in [6, 6.07) is 8.53. The summed E-state index contributed by atoms with van der Waals surface area (Å²) in [5, 5.41) is 10.3. The second kappa shape index (κ2) is 5.42. The molecule has 0 amide bonds. The average Bonchev–Trinajstić information content (AvgIpc) is 3.13. The molecule has 1 aromatic carbocycles. The number of nitrogens with two attached hydrogens (primary N) is 1. The molecule has 94 valence electrons. The van der Waals surface area contributed by atoms with Crippen molar-refractivity contribution in [2.45, 2.75) is 31.1 Å². The molecule has 0 spiro atoms. The highest BCUT2D eigenvalue weighted by atomic mass is 32.2. The summed E-state index contributed by atoms with van der Waals surface area (Å²) in [7, 11) is 0. The molecular formula is C14H21NOS. The van der Waals surface area contributed by atoms with Crippen molar-refractivity contribution in [2.24, 2.45) is 11.7 Å². The summed E-state index contributed by atoms with van der Waals surface area (Å²) < 4.78 is 0. The van der Waals surface area contributed by atoms with Crippen LogP contribution in [-0.4, -0.2) is 23.0 Å². The molecule has 1 aliphatic carbocycles. The van der Waals surface area contributed by atoms with Gasteiger partial charge in [0.25, 0.3) is 0 Å². The van der Waals surface area contributed by atoms with Crippen molar-refractivity contribution >= 4 is 11.8 Å². The zero-order valence-electron chi connectivity index (χ0n) is 10.4. The lowest BCUT2D eigenvalue weighted by Gasteiger charge is -2.25. The van der Waals surface area contributed by atoms with Crippen LogP contribution in [0.15, 0.2) is 24.3 Å². The second-order valence-electron chi connectivity index (χ2n) is 5.06. The maximum Gasteiger partial charge on any atom is 0.0887 e. The maximum atomic E-state index is 10.3. The number of aliphatic hydroxyl groups is 1. The van der Waals surface area contributed by atoms with Crippen LogP contribution in [0.5, 0.6) is 0 Å². The lowest BCUT2D eigenvalue weighted by Crippen LogP contribution is -2.42. The van der Waals surface area contributed by atoms with Gasteiger partial charge in [0.2, 0.25) is 0 Å². The van der Waals surface area contributed by atoms with Crippen LogP contribution in [0.2, 0.25) is 0 Å². The minimum Gasteiger partial charge on any atom is -0.387 e. The fourth-order valence-electron chi connectivity index (χ4n) is 2.11. The zero-order chi connectivity index (χ0) is 12.3. The van der Waals surface area contributed by atoms with Crippen LogP contribution in [0.4, 0.5) is 0 Å². The summed E-state index contributed by atoms with van der Waals surface area (Å²) in [5.74, 6) is 2.15. The molecule has 2 rings (SSSR count).